The molecule has 10 heteroatoms. The molecule has 2 aromatic carbocycles. The van der Waals surface area contributed by atoms with Gasteiger partial charge in [0.15, 0.2) is 0 Å². The van der Waals surface area contributed by atoms with Crippen LogP contribution in [0.15, 0.2) is 58.5 Å². The summed E-state index contributed by atoms with van der Waals surface area (Å²) in [7, 11) is 0. The summed E-state index contributed by atoms with van der Waals surface area (Å²) in [6.45, 7) is 0. The molecule has 0 aliphatic heterocycles. The van der Waals surface area contributed by atoms with Crippen molar-refractivity contribution in [3.63, 3.8) is 0 Å². The number of nitro groups is 1. The van der Waals surface area contributed by atoms with E-state index < -0.39 is 10.8 Å². The molecule has 7 nitrogen and oxygen atoms in total. The van der Waals surface area contributed by atoms with E-state index in [0.29, 0.717) is 22.0 Å². The van der Waals surface area contributed by atoms with Gasteiger partial charge in [-0.05, 0) is 42.5 Å². The molecule has 0 radical (unpaired) electrons. The van der Waals surface area contributed by atoms with Crippen molar-refractivity contribution in [2.75, 3.05) is 5.32 Å². The minimum Gasteiger partial charge on any atom is -0.457 e. The third-order valence-electron chi connectivity index (χ3n) is 3.88. The molecule has 1 aromatic heterocycles. The molecular weight excluding hydrogens is 453 g/mol. The number of nitrogens with one attached hydrogen (secondary N) is 1. The van der Waals surface area contributed by atoms with Crippen molar-refractivity contribution in [1.29, 1.82) is 5.26 Å². The van der Waals surface area contributed by atoms with Gasteiger partial charge in [0.05, 0.1) is 15.0 Å². The van der Waals surface area contributed by atoms with Crippen molar-refractivity contribution in [3.05, 3.63) is 85.0 Å². The second kappa shape index (κ2) is 9.01. The van der Waals surface area contributed by atoms with Gasteiger partial charge in [0.25, 0.3) is 11.6 Å². The van der Waals surface area contributed by atoms with E-state index in [1.807, 2.05) is 0 Å². The summed E-state index contributed by atoms with van der Waals surface area (Å²) in [6.07, 6.45) is 1.25. The van der Waals surface area contributed by atoms with Crippen LogP contribution in [0.25, 0.3) is 17.4 Å². The number of carbonyl (C=O) groups excluding carboxylic acids is 1. The topological polar surface area (TPSA) is 109 Å². The zero-order chi connectivity index (χ0) is 21.8. The van der Waals surface area contributed by atoms with E-state index in [1.54, 1.807) is 24.3 Å². The normalized spacial score (nSPS) is 11.1. The number of halogens is 3. The SMILES string of the molecule is N#C/C(=C\c1ccc(-c2ccc(Cl)c([N+](=O)[O-])c2)o1)C(=O)Nc1ccc(Cl)c(Cl)c1. The van der Waals surface area contributed by atoms with Crippen LogP contribution in [0, 0.1) is 21.4 Å². The summed E-state index contributed by atoms with van der Waals surface area (Å²) in [5.41, 5.74) is 0.305. The molecule has 1 N–H and O–H groups in total. The molecule has 150 valence electrons. The lowest BCUT2D eigenvalue weighted by molar-refractivity contribution is -0.384. The monoisotopic (exact) mass is 461 g/mol. The van der Waals surface area contributed by atoms with Crippen molar-refractivity contribution in [2.24, 2.45) is 0 Å². The highest BCUT2D eigenvalue weighted by Crippen LogP contribution is 2.31. The van der Waals surface area contributed by atoms with E-state index in [2.05, 4.69) is 5.32 Å². The Morgan fingerprint density at radius 2 is 1.80 bits per heavy atom. The van der Waals surface area contributed by atoms with E-state index in [-0.39, 0.29) is 27.1 Å². The Labute approximate surface area is 185 Å². The van der Waals surface area contributed by atoms with Crippen molar-refractivity contribution >= 4 is 58.2 Å². The lowest BCUT2D eigenvalue weighted by Gasteiger charge is -2.05. The largest absolute Gasteiger partial charge is 0.457 e. The van der Waals surface area contributed by atoms with E-state index in [1.165, 1.54) is 36.4 Å². The molecular formula is C20H10Cl3N3O4. The summed E-state index contributed by atoms with van der Waals surface area (Å²) in [5, 5.41) is 23.5. The van der Waals surface area contributed by atoms with Gasteiger partial charge in [-0.2, -0.15) is 5.26 Å². The predicted molar refractivity (Wildman–Crippen MR) is 114 cm³/mol. The van der Waals surface area contributed by atoms with Gasteiger partial charge in [0.2, 0.25) is 0 Å². The molecule has 0 aliphatic rings. The zero-order valence-corrected chi connectivity index (χ0v) is 17.1. The van der Waals surface area contributed by atoms with Crippen LogP contribution >= 0.6 is 34.8 Å². The molecule has 0 spiro atoms. The third-order valence-corrected chi connectivity index (χ3v) is 4.94. The number of carbonyl (C=O) groups is 1. The highest BCUT2D eigenvalue weighted by molar-refractivity contribution is 6.42. The number of hydrogen-bond donors (Lipinski definition) is 1. The van der Waals surface area contributed by atoms with Crippen molar-refractivity contribution in [3.8, 4) is 17.4 Å². The summed E-state index contributed by atoms with van der Waals surface area (Å²) >= 11 is 17.6. The number of furan rings is 1. The first-order valence-corrected chi connectivity index (χ1v) is 9.34. The third kappa shape index (κ3) is 4.81. The summed E-state index contributed by atoms with van der Waals surface area (Å²) < 4.78 is 5.60. The van der Waals surface area contributed by atoms with Gasteiger partial charge >= 0.3 is 0 Å². The summed E-state index contributed by atoms with van der Waals surface area (Å²) in [6, 6.07) is 13.6. The number of hydrogen-bond acceptors (Lipinski definition) is 5. The maximum Gasteiger partial charge on any atom is 0.288 e. The Kier molecular flexibility index (Phi) is 6.43. The van der Waals surface area contributed by atoms with Crippen molar-refractivity contribution < 1.29 is 14.1 Å². The first-order chi connectivity index (χ1) is 14.3. The Balaban J connectivity index is 1.84. The number of nitro benzene ring substituents is 1. The van der Waals surface area contributed by atoms with Crippen LogP contribution in [-0.2, 0) is 4.79 Å². The van der Waals surface area contributed by atoms with Crippen LogP contribution in [0.4, 0.5) is 11.4 Å². The summed E-state index contributed by atoms with van der Waals surface area (Å²) in [4.78, 5) is 22.8. The average Bonchev–Trinajstić information content (AvgIpc) is 3.17. The molecule has 1 amide bonds. The Morgan fingerprint density at radius 1 is 1.07 bits per heavy atom. The fraction of sp³-hybridized carbons (Fsp3) is 0. The fourth-order valence-electron chi connectivity index (χ4n) is 2.45. The lowest BCUT2D eigenvalue weighted by atomic mass is 10.1. The highest BCUT2D eigenvalue weighted by atomic mass is 35.5. The molecule has 0 saturated carbocycles. The maximum atomic E-state index is 12.4. The Bertz CT molecular complexity index is 1230. The fourth-order valence-corrected chi connectivity index (χ4v) is 2.94. The number of nitriles is 1. The number of rotatable bonds is 5. The van der Waals surface area contributed by atoms with Crippen LogP contribution in [-0.4, -0.2) is 10.8 Å². The van der Waals surface area contributed by atoms with Gasteiger partial charge < -0.3 is 9.73 Å². The van der Waals surface area contributed by atoms with E-state index >= 15 is 0 Å². The molecule has 3 aromatic rings. The molecule has 0 unspecified atom stereocenters. The summed E-state index contributed by atoms with van der Waals surface area (Å²) in [5.74, 6) is -0.150. The molecule has 0 aliphatic carbocycles. The van der Waals surface area contributed by atoms with Crippen LogP contribution in [0.1, 0.15) is 5.76 Å². The van der Waals surface area contributed by atoms with Crippen LogP contribution in [0.5, 0.6) is 0 Å². The smallest absolute Gasteiger partial charge is 0.288 e. The first-order valence-electron chi connectivity index (χ1n) is 8.21. The van der Waals surface area contributed by atoms with E-state index in [0.717, 1.165) is 0 Å². The van der Waals surface area contributed by atoms with Crippen LogP contribution in [0.2, 0.25) is 15.1 Å². The first kappa shape index (κ1) is 21.4. The van der Waals surface area contributed by atoms with Gasteiger partial charge in [0.1, 0.15) is 28.2 Å². The van der Waals surface area contributed by atoms with Crippen molar-refractivity contribution in [2.45, 2.75) is 0 Å². The molecule has 0 saturated heterocycles. The van der Waals surface area contributed by atoms with E-state index in [4.69, 9.17) is 39.2 Å². The predicted octanol–water partition coefficient (Wildman–Crippen LogP) is 6.36. The molecule has 0 fully saturated rings. The number of anilines is 1. The van der Waals surface area contributed by atoms with Gasteiger partial charge in [-0.3, -0.25) is 14.9 Å². The second-order valence-electron chi connectivity index (χ2n) is 5.88. The molecule has 30 heavy (non-hydrogen) atoms. The molecule has 3 rings (SSSR count). The molecule has 0 atom stereocenters. The van der Waals surface area contributed by atoms with Gasteiger partial charge in [0, 0.05) is 23.4 Å². The van der Waals surface area contributed by atoms with Gasteiger partial charge in [-0.15, -0.1) is 0 Å². The van der Waals surface area contributed by atoms with E-state index in [9.17, 15) is 20.2 Å². The van der Waals surface area contributed by atoms with Crippen LogP contribution in [0.3, 0.4) is 0 Å². The van der Waals surface area contributed by atoms with Crippen LogP contribution < -0.4 is 5.32 Å². The molecule has 0 bridgehead atoms. The minimum absolute atomic E-state index is 0.00108. The van der Waals surface area contributed by atoms with Gasteiger partial charge in [-0.25, -0.2) is 0 Å². The quantitative estimate of drug-likeness (QED) is 0.205. The standard InChI is InChI=1S/C20H10Cl3N3O4/c21-15-5-2-13(9-17(15)23)25-20(27)12(10-24)7-14-3-6-19(30-14)11-1-4-16(22)18(8-11)26(28)29/h1-9H,(H,25,27)/b12-7+. The highest BCUT2D eigenvalue weighted by Gasteiger charge is 2.16. The van der Waals surface area contributed by atoms with Crippen molar-refractivity contribution in [1.82, 2.24) is 0 Å². The second-order valence-corrected chi connectivity index (χ2v) is 7.10. The minimum atomic E-state index is -0.670. The maximum absolute atomic E-state index is 12.4. The molecule has 1 heterocycles. The number of nitrogens with zero attached hydrogens (tertiary/aromatic N) is 2. The lowest BCUT2D eigenvalue weighted by Crippen LogP contribution is -2.13. The van der Waals surface area contributed by atoms with Gasteiger partial charge in [-0.1, -0.05) is 34.8 Å². The number of benzene rings is 2. The average molecular weight is 463 g/mol. The number of amides is 1. The zero-order valence-electron chi connectivity index (χ0n) is 14.9. The Morgan fingerprint density at radius 3 is 2.47 bits per heavy atom. The Hall–Kier alpha value is -3.31.